The molecule has 3 fully saturated rings. The Morgan fingerprint density at radius 2 is 2.00 bits per heavy atom. The Hall–Kier alpha value is 0.270. The molecule has 0 aromatic carbocycles. The second-order valence-electron chi connectivity index (χ2n) is 7.12. The van der Waals surface area contributed by atoms with Gasteiger partial charge >= 0.3 is 0 Å². The summed E-state index contributed by atoms with van der Waals surface area (Å²) in [5, 5.41) is 3.74. The van der Waals surface area contributed by atoms with Crippen LogP contribution in [0.4, 0.5) is 0 Å². The van der Waals surface area contributed by atoms with Gasteiger partial charge in [0.15, 0.2) is 0 Å². The molecule has 3 heteroatoms. The molecule has 1 aliphatic carbocycles. The van der Waals surface area contributed by atoms with Crippen molar-refractivity contribution >= 4 is 11.8 Å². The number of hydrogen-bond donors (Lipinski definition) is 1. The molecule has 2 aliphatic heterocycles. The van der Waals surface area contributed by atoms with E-state index < -0.39 is 0 Å². The van der Waals surface area contributed by atoms with Crippen LogP contribution < -0.4 is 5.32 Å². The maximum atomic E-state index is 6.26. The van der Waals surface area contributed by atoms with Crippen LogP contribution in [-0.2, 0) is 4.74 Å². The Kier molecular flexibility index (Phi) is 5.33. The predicted octanol–water partition coefficient (Wildman–Crippen LogP) is 3.85. The fraction of sp³-hybridized carbons (Fsp3) is 1.00. The van der Waals surface area contributed by atoms with Gasteiger partial charge in [-0.05, 0) is 81.3 Å². The lowest BCUT2D eigenvalue weighted by Crippen LogP contribution is -2.44. The van der Waals surface area contributed by atoms with Gasteiger partial charge in [-0.3, -0.25) is 0 Å². The first-order valence-corrected chi connectivity index (χ1v) is 9.92. The molecule has 2 heterocycles. The Balaban J connectivity index is 1.52. The summed E-state index contributed by atoms with van der Waals surface area (Å²) in [5.74, 6) is 4.55. The molecule has 0 radical (unpaired) electrons. The van der Waals surface area contributed by atoms with Crippen molar-refractivity contribution in [1.82, 2.24) is 5.32 Å². The zero-order valence-corrected chi connectivity index (χ0v) is 13.9. The molecule has 2 nitrogen and oxygen atoms in total. The van der Waals surface area contributed by atoms with Crippen LogP contribution in [-0.4, -0.2) is 36.3 Å². The average molecular weight is 298 g/mol. The average Bonchev–Trinajstić information content (AvgIpc) is 2.95. The minimum atomic E-state index is 0.281. The maximum absolute atomic E-state index is 6.26. The van der Waals surface area contributed by atoms with Crippen molar-refractivity contribution in [2.45, 2.75) is 69.9 Å². The molecule has 20 heavy (non-hydrogen) atoms. The van der Waals surface area contributed by atoms with Crippen LogP contribution in [0.15, 0.2) is 0 Å². The van der Waals surface area contributed by atoms with Crippen LogP contribution in [0.1, 0.15) is 58.3 Å². The van der Waals surface area contributed by atoms with Crippen molar-refractivity contribution in [3.63, 3.8) is 0 Å². The molecule has 2 saturated heterocycles. The van der Waals surface area contributed by atoms with Gasteiger partial charge < -0.3 is 10.1 Å². The van der Waals surface area contributed by atoms with Gasteiger partial charge in [0.05, 0.1) is 5.60 Å². The third-order valence-corrected chi connectivity index (χ3v) is 6.74. The van der Waals surface area contributed by atoms with Crippen LogP contribution >= 0.6 is 11.8 Å². The molecule has 3 atom stereocenters. The number of nitrogens with one attached hydrogen (secondary N) is 1. The smallest absolute Gasteiger partial charge is 0.0701 e. The molecule has 0 aromatic rings. The number of ether oxygens (including phenoxy) is 1. The summed E-state index contributed by atoms with van der Waals surface area (Å²) in [5.41, 5.74) is 0.281. The van der Waals surface area contributed by atoms with Gasteiger partial charge in [0, 0.05) is 12.6 Å². The molecule has 0 amide bonds. The van der Waals surface area contributed by atoms with Crippen molar-refractivity contribution in [2.75, 3.05) is 24.7 Å². The quantitative estimate of drug-likeness (QED) is 0.851. The number of thioether (sulfide) groups is 1. The lowest BCUT2D eigenvalue weighted by molar-refractivity contribution is -0.110. The Morgan fingerprint density at radius 3 is 2.80 bits per heavy atom. The van der Waals surface area contributed by atoms with Crippen LogP contribution in [0, 0.1) is 11.8 Å². The van der Waals surface area contributed by atoms with Crippen molar-refractivity contribution in [1.29, 1.82) is 0 Å². The lowest BCUT2D eigenvalue weighted by atomic mass is 9.75. The van der Waals surface area contributed by atoms with Crippen LogP contribution in [0.2, 0.25) is 0 Å². The second-order valence-corrected chi connectivity index (χ2v) is 8.35. The highest BCUT2D eigenvalue weighted by Gasteiger charge is 2.42. The van der Waals surface area contributed by atoms with Crippen LogP contribution in [0.25, 0.3) is 0 Å². The summed E-state index contributed by atoms with van der Waals surface area (Å²) in [6.45, 7) is 4.49. The van der Waals surface area contributed by atoms with Crippen molar-refractivity contribution in [2.24, 2.45) is 11.8 Å². The molecule has 1 spiro atoms. The summed E-state index contributed by atoms with van der Waals surface area (Å²) >= 11 is 2.12. The summed E-state index contributed by atoms with van der Waals surface area (Å²) < 4.78 is 6.26. The molecule has 3 rings (SSSR count). The van der Waals surface area contributed by atoms with Gasteiger partial charge in [0.2, 0.25) is 0 Å². The Labute approximate surface area is 128 Å². The number of rotatable bonds is 4. The summed E-state index contributed by atoms with van der Waals surface area (Å²) in [6, 6.07) is 0.806. The molecule has 1 N–H and O–H groups in total. The first kappa shape index (κ1) is 15.2. The molecule has 3 aliphatic rings. The highest BCUT2D eigenvalue weighted by molar-refractivity contribution is 7.99. The SMILES string of the molecule is CCCNC1CCC(C2CCOC3(CCSCC3)C2)C1. The fourth-order valence-corrected chi connectivity index (χ4v) is 5.78. The van der Waals surface area contributed by atoms with E-state index in [-0.39, 0.29) is 5.60 Å². The molecule has 1 saturated carbocycles. The van der Waals surface area contributed by atoms with E-state index >= 15 is 0 Å². The van der Waals surface area contributed by atoms with Crippen molar-refractivity contribution < 1.29 is 4.74 Å². The molecule has 0 aromatic heterocycles. The highest BCUT2D eigenvalue weighted by atomic mass is 32.2. The van der Waals surface area contributed by atoms with Gasteiger partial charge in [0.1, 0.15) is 0 Å². The summed E-state index contributed by atoms with van der Waals surface area (Å²) in [6.07, 6.45) is 10.8. The van der Waals surface area contributed by atoms with E-state index in [0.29, 0.717) is 0 Å². The largest absolute Gasteiger partial charge is 0.375 e. The van der Waals surface area contributed by atoms with E-state index in [0.717, 1.165) is 24.5 Å². The van der Waals surface area contributed by atoms with E-state index in [4.69, 9.17) is 4.74 Å². The zero-order chi connectivity index (χ0) is 13.8. The van der Waals surface area contributed by atoms with Gasteiger partial charge in [-0.1, -0.05) is 6.92 Å². The molecule has 116 valence electrons. The monoisotopic (exact) mass is 297 g/mol. The van der Waals surface area contributed by atoms with Gasteiger partial charge in [-0.2, -0.15) is 11.8 Å². The summed E-state index contributed by atoms with van der Waals surface area (Å²) in [4.78, 5) is 0. The molecule has 3 unspecified atom stereocenters. The van der Waals surface area contributed by atoms with E-state index in [1.165, 1.54) is 69.4 Å². The molecule has 0 bridgehead atoms. The minimum Gasteiger partial charge on any atom is -0.375 e. The van der Waals surface area contributed by atoms with Crippen molar-refractivity contribution in [3.8, 4) is 0 Å². The van der Waals surface area contributed by atoms with Gasteiger partial charge in [0.25, 0.3) is 0 Å². The second kappa shape index (κ2) is 7.02. The lowest BCUT2D eigenvalue weighted by Gasteiger charge is -2.45. The first-order valence-electron chi connectivity index (χ1n) is 8.76. The van der Waals surface area contributed by atoms with Crippen molar-refractivity contribution in [3.05, 3.63) is 0 Å². The molecular weight excluding hydrogens is 266 g/mol. The zero-order valence-electron chi connectivity index (χ0n) is 13.0. The Morgan fingerprint density at radius 1 is 1.15 bits per heavy atom. The number of hydrogen-bond acceptors (Lipinski definition) is 3. The van der Waals surface area contributed by atoms with Crippen LogP contribution in [0.5, 0.6) is 0 Å². The van der Waals surface area contributed by atoms with Gasteiger partial charge in [-0.15, -0.1) is 0 Å². The topological polar surface area (TPSA) is 21.3 Å². The van der Waals surface area contributed by atoms with Crippen LogP contribution in [0.3, 0.4) is 0 Å². The molecular formula is C17H31NOS. The third-order valence-electron chi connectivity index (χ3n) is 5.76. The van der Waals surface area contributed by atoms with E-state index in [2.05, 4.69) is 24.0 Å². The normalized spacial score (nSPS) is 37.4. The first-order chi connectivity index (χ1) is 9.81. The highest BCUT2D eigenvalue weighted by Crippen LogP contribution is 2.45. The summed E-state index contributed by atoms with van der Waals surface area (Å²) in [7, 11) is 0. The Bertz CT molecular complexity index is 298. The third kappa shape index (κ3) is 3.53. The minimum absolute atomic E-state index is 0.281. The standard InChI is InChI=1S/C17H31NOS/c1-2-8-18-16-4-3-14(12-16)15-5-9-19-17(13-15)6-10-20-11-7-17/h14-16,18H,2-13H2,1H3. The van der Waals surface area contributed by atoms with E-state index in [1.807, 2.05) is 0 Å². The van der Waals surface area contributed by atoms with E-state index in [1.54, 1.807) is 0 Å². The van der Waals surface area contributed by atoms with E-state index in [9.17, 15) is 0 Å². The maximum Gasteiger partial charge on any atom is 0.0701 e. The predicted molar refractivity (Wildman–Crippen MR) is 87.4 cm³/mol. The fourth-order valence-electron chi connectivity index (χ4n) is 4.54. The van der Waals surface area contributed by atoms with Gasteiger partial charge in [-0.25, -0.2) is 0 Å².